The van der Waals surface area contributed by atoms with Crippen molar-refractivity contribution in [1.29, 1.82) is 0 Å². The molecule has 1 heterocycles. The van der Waals surface area contributed by atoms with Gasteiger partial charge in [-0.05, 0) is 24.6 Å². The Morgan fingerprint density at radius 1 is 1.35 bits per heavy atom. The minimum absolute atomic E-state index is 0.0666. The van der Waals surface area contributed by atoms with E-state index in [1.807, 2.05) is 6.92 Å². The number of H-pyrrole nitrogens is 1. The molecule has 1 aromatic heterocycles. The number of nitrogens with zero attached hydrogens (tertiary/aromatic N) is 1. The molecule has 0 aliphatic carbocycles. The van der Waals surface area contributed by atoms with Gasteiger partial charge in [0.2, 0.25) is 10.0 Å². The molecule has 0 aliphatic rings. The number of benzene rings is 1. The zero-order valence-corrected chi connectivity index (χ0v) is 12.9. The Morgan fingerprint density at radius 3 is 2.65 bits per heavy atom. The summed E-state index contributed by atoms with van der Waals surface area (Å²) in [5.74, 6) is 0.566. The summed E-state index contributed by atoms with van der Waals surface area (Å²) >= 11 is 11.6. The normalized spacial score (nSPS) is 13.3. The van der Waals surface area contributed by atoms with Crippen LogP contribution in [0.1, 0.15) is 25.2 Å². The molecule has 0 spiro atoms. The van der Waals surface area contributed by atoms with Crippen LogP contribution in [0, 0.1) is 0 Å². The second-order valence-corrected chi connectivity index (χ2v) is 6.66. The topological polar surface area (TPSA) is 74.8 Å². The molecule has 20 heavy (non-hydrogen) atoms. The summed E-state index contributed by atoms with van der Waals surface area (Å²) in [5.41, 5.74) is 0. The Morgan fingerprint density at radius 2 is 2.10 bits per heavy atom. The number of sulfonamides is 1. The number of aromatic amines is 1. The van der Waals surface area contributed by atoms with E-state index in [2.05, 4.69) is 14.7 Å². The average Bonchev–Trinajstić information content (AvgIpc) is 2.93. The second kappa shape index (κ2) is 6.13. The highest BCUT2D eigenvalue weighted by molar-refractivity contribution is 7.89. The summed E-state index contributed by atoms with van der Waals surface area (Å²) < 4.78 is 27.2. The molecule has 0 bridgehead atoms. The van der Waals surface area contributed by atoms with E-state index in [4.69, 9.17) is 23.2 Å². The van der Waals surface area contributed by atoms with Crippen LogP contribution in [0.2, 0.25) is 10.0 Å². The van der Waals surface area contributed by atoms with Crippen molar-refractivity contribution in [2.45, 2.75) is 24.3 Å². The highest BCUT2D eigenvalue weighted by Crippen LogP contribution is 2.25. The molecule has 0 radical (unpaired) electrons. The van der Waals surface area contributed by atoms with Gasteiger partial charge in [0.15, 0.2) is 0 Å². The predicted molar refractivity (Wildman–Crippen MR) is 78.4 cm³/mol. The zero-order valence-electron chi connectivity index (χ0n) is 10.6. The molecule has 1 unspecified atom stereocenters. The van der Waals surface area contributed by atoms with Gasteiger partial charge in [0, 0.05) is 12.4 Å². The van der Waals surface area contributed by atoms with E-state index < -0.39 is 16.1 Å². The Balaban J connectivity index is 2.28. The summed E-state index contributed by atoms with van der Waals surface area (Å²) in [5, 5.41) is 0.504. The first kappa shape index (κ1) is 15.3. The van der Waals surface area contributed by atoms with Crippen molar-refractivity contribution in [2.24, 2.45) is 0 Å². The Kier molecular flexibility index (Phi) is 4.70. The summed E-state index contributed by atoms with van der Waals surface area (Å²) in [7, 11) is -3.69. The molecular weight excluding hydrogens is 321 g/mol. The van der Waals surface area contributed by atoms with Crippen molar-refractivity contribution >= 4 is 33.2 Å². The number of aromatic nitrogens is 2. The lowest BCUT2D eigenvalue weighted by atomic mass is 10.2. The summed E-state index contributed by atoms with van der Waals surface area (Å²) in [6.07, 6.45) is 3.78. The monoisotopic (exact) mass is 333 g/mol. The fourth-order valence-electron chi connectivity index (χ4n) is 1.70. The third-order valence-corrected chi connectivity index (χ3v) is 4.96. The van der Waals surface area contributed by atoms with Gasteiger partial charge in [-0.25, -0.2) is 18.1 Å². The van der Waals surface area contributed by atoms with Crippen molar-refractivity contribution in [1.82, 2.24) is 14.7 Å². The highest BCUT2D eigenvalue weighted by Gasteiger charge is 2.22. The lowest BCUT2D eigenvalue weighted by Gasteiger charge is -2.15. The predicted octanol–water partition coefficient (Wildman–Crippen LogP) is 3.15. The quantitative estimate of drug-likeness (QED) is 0.882. The van der Waals surface area contributed by atoms with Crippen LogP contribution in [0.3, 0.4) is 0 Å². The third kappa shape index (κ3) is 3.32. The lowest BCUT2D eigenvalue weighted by molar-refractivity contribution is 0.539. The van der Waals surface area contributed by atoms with Gasteiger partial charge in [-0.3, -0.25) is 0 Å². The van der Waals surface area contributed by atoms with Gasteiger partial charge in [0.25, 0.3) is 0 Å². The van der Waals surface area contributed by atoms with Crippen molar-refractivity contribution < 1.29 is 8.42 Å². The van der Waals surface area contributed by atoms with Crippen LogP contribution in [0.5, 0.6) is 0 Å². The molecule has 0 aliphatic heterocycles. The molecule has 2 N–H and O–H groups in total. The third-order valence-electron chi connectivity index (χ3n) is 2.76. The fourth-order valence-corrected chi connectivity index (χ4v) is 3.37. The standard InChI is InChI=1S/C12H13Cl2N3O2S/c1-2-11(12-15-5-6-16-12)17-20(18,19)8-3-4-9(13)10(14)7-8/h3-7,11,17H,2H2,1H3,(H,15,16). The molecule has 2 rings (SSSR count). The number of halogens is 2. The summed E-state index contributed by atoms with van der Waals surface area (Å²) in [6.45, 7) is 1.87. The maximum absolute atomic E-state index is 12.3. The van der Waals surface area contributed by atoms with Crippen LogP contribution < -0.4 is 4.72 Å². The first-order valence-electron chi connectivity index (χ1n) is 5.90. The number of nitrogens with one attached hydrogen (secondary N) is 2. The van der Waals surface area contributed by atoms with Gasteiger partial charge in [0.05, 0.1) is 21.0 Å². The Bertz CT molecular complexity index is 687. The molecule has 0 saturated carbocycles. The van der Waals surface area contributed by atoms with Crippen molar-refractivity contribution in [2.75, 3.05) is 0 Å². The minimum Gasteiger partial charge on any atom is -0.347 e. The van der Waals surface area contributed by atoms with E-state index in [1.54, 1.807) is 12.4 Å². The number of imidazole rings is 1. The van der Waals surface area contributed by atoms with Gasteiger partial charge in [-0.15, -0.1) is 0 Å². The first-order valence-corrected chi connectivity index (χ1v) is 8.14. The van der Waals surface area contributed by atoms with Crippen LogP contribution >= 0.6 is 23.2 Å². The molecule has 0 fully saturated rings. The molecule has 5 nitrogen and oxygen atoms in total. The molecular formula is C12H13Cl2N3O2S. The maximum Gasteiger partial charge on any atom is 0.241 e. The van der Waals surface area contributed by atoms with E-state index in [0.29, 0.717) is 17.3 Å². The van der Waals surface area contributed by atoms with E-state index in [1.165, 1.54) is 18.2 Å². The molecule has 108 valence electrons. The molecule has 0 amide bonds. The van der Waals surface area contributed by atoms with Crippen LogP contribution in [-0.4, -0.2) is 18.4 Å². The zero-order chi connectivity index (χ0) is 14.8. The molecule has 1 atom stereocenters. The van der Waals surface area contributed by atoms with Crippen molar-refractivity contribution in [3.05, 3.63) is 46.5 Å². The summed E-state index contributed by atoms with van der Waals surface area (Å²) in [4.78, 5) is 7.03. The number of rotatable bonds is 5. The molecule has 1 aromatic carbocycles. The molecule has 2 aromatic rings. The van der Waals surface area contributed by atoms with Crippen LogP contribution in [-0.2, 0) is 10.0 Å². The average molecular weight is 334 g/mol. The van der Waals surface area contributed by atoms with E-state index >= 15 is 0 Å². The van der Waals surface area contributed by atoms with Gasteiger partial charge >= 0.3 is 0 Å². The van der Waals surface area contributed by atoms with Crippen LogP contribution in [0.15, 0.2) is 35.5 Å². The Labute approximate surface area is 127 Å². The van der Waals surface area contributed by atoms with Crippen LogP contribution in [0.4, 0.5) is 0 Å². The molecule has 0 saturated heterocycles. The molecule has 8 heteroatoms. The highest BCUT2D eigenvalue weighted by atomic mass is 35.5. The number of hydrogen-bond acceptors (Lipinski definition) is 3. The first-order chi connectivity index (χ1) is 9.44. The van der Waals surface area contributed by atoms with Crippen molar-refractivity contribution in [3.63, 3.8) is 0 Å². The van der Waals surface area contributed by atoms with Gasteiger partial charge in [-0.2, -0.15) is 0 Å². The lowest BCUT2D eigenvalue weighted by Crippen LogP contribution is -2.29. The van der Waals surface area contributed by atoms with E-state index in [-0.39, 0.29) is 9.92 Å². The van der Waals surface area contributed by atoms with Crippen LogP contribution in [0.25, 0.3) is 0 Å². The smallest absolute Gasteiger partial charge is 0.241 e. The van der Waals surface area contributed by atoms with Gasteiger partial charge in [0.1, 0.15) is 5.82 Å². The number of hydrogen-bond donors (Lipinski definition) is 2. The van der Waals surface area contributed by atoms with Crippen molar-refractivity contribution in [3.8, 4) is 0 Å². The van der Waals surface area contributed by atoms with Gasteiger partial charge in [-0.1, -0.05) is 30.1 Å². The SMILES string of the molecule is CCC(NS(=O)(=O)c1ccc(Cl)c(Cl)c1)c1ncc[nH]1. The van der Waals surface area contributed by atoms with Gasteiger partial charge < -0.3 is 4.98 Å². The largest absolute Gasteiger partial charge is 0.347 e. The second-order valence-electron chi connectivity index (χ2n) is 4.13. The maximum atomic E-state index is 12.3. The Hall–Kier alpha value is -1.08. The van der Waals surface area contributed by atoms with E-state index in [0.717, 1.165) is 0 Å². The minimum atomic E-state index is -3.69. The summed E-state index contributed by atoms with van der Waals surface area (Å²) in [6, 6.07) is 3.75. The fraction of sp³-hybridized carbons (Fsp3) is 0.250. The van der Waals surface area contributed by atoms with E-state index in [9.17, 15) is 8.42 Å².